The van der Waals surface area contributed by atoms with E-state index >= 15 is 0 Å². The summed E-state index contributed by atoms with van der Waals surface area (Å²) in [6.45, 7) is 7.98. The molecule has 0 radical (unpaired) electrons. The first-order valence-corrected chi connectivity index (χ1v) is 12.5. The molecule has 3 aromatic rings. The summed E-state index contributed by atoms with van der Waals surface area (Å²) in [4.78, 5) is 24.1. The molecular weight excluding hydrogens is 450 g/mol. The van der Waals surface area contributed by atoms with Crippen molar-refractivity contribution in [2.75, 3.05) is 11.9 Å². The number of rotatable bonds is 4. The lowest BCUT2D eigenvalue weighted by molar-refractivity contribution is 0.00199. The van der Waals surface area contributed by atoms with Gasteiger partial charge in [-0.3, -0.25) is 4.79 Å². The van der Waals surface area contributed by atoms with Gasteiger partial charge in [0.05, 0.1) is 17.4 Å². The summed E-state index contributed by atoms with van der Waals surface area (Å²) in [6.07, 6.45) is 7.79. The third kappa shape index (κ3) is 6.94. The minimum absolute atomic E-state index is 0.0448. The standard InChI is InChI=1S/C17H20N4O.C12H17NO/c1-20(13-6-4-3-5-7-13)15-10-16(22)21(2)14-9-8-12(11-18)19-17(14)15;1-10-7-5-6-8-11(10)9-13-14-12(2,3)4/h8-10,13H,3-7H2,1-2H3;5-9H,1-4H3/b;13-9+. The van der Waals surface area contributed by atoms with E-state index < -0.39 is 0 Å². The van der Waals surface area contributed by atoms with Gasteiger partial charge in [-0.15, -0.1) is 0 Å². The maximum Gasteiger partial charge on any atom is 0.252 e. The van der Waals surface area contributed by atoms with Crippen LogP contribution in [0.25, 0.3) is 11.0 Å². The highest BCUT2D eigenvalue weighted by Gasteiger charge is 2.21. The van der Waals surface area contributed by atoms with Crippen LogP contribution in [0, 0.1) is 18.3 Å². The van der Waals surface area contributed by atoms with E-state index in [1.165, 1.54) is 24.8 Å². The second kappa shape index (κ2) is 11.9. The number of anilines is 1. The van der Waals surface area contributed by atoms with E-state index in [9.17, 15) is 4.79 Å². The number of aromatic nitrogens is 2. The Morgan fingerprint density at radius 2 is 1.86 bits per heavy atom. The molecule has 190 valence electrons. The number of aryl methyl sites for hydroxylation is 2. The van der Waals surface area contributed by atoms with Gasteiger partial charge in [0.15, 0.2) is 0 Å². The van der Waals surface area contributed by atoms with Crippen molar-refractivity contribution in [2.24, 2.45) is 12.2 Å². The largest absolute Gasteiger partial charge is 0.390 e. The number of pyridine rings is 2. The first kappa shape index (κ1) is 26.9. The molecule has 2 heterocycles. The van der Waals surface area contributed by atoms with E-state index in [-0.39, 0.29) is 11.2 Å². The summed E-state index contributed by atoms with van der Waals surface area (Å²) in [7, 11) is 3.77. The van der Waals surface area contributed by atoms with E-state index in [1.54, 1.807) is 36.0 Å². The minimum Gasteiger partial charge on any atom is -0.390 e. The van der Waals surface area contributed by atoms with Crippen LogP contribution in [0.4, 0.5) is 5.69 Å². The predicted molar refractivity (Wildman–Crippen MR) is 147 cm³/mol. The van der Waals surface area contributed by atoms with Gasteiger partial charge in [0, 0.05) is 26.2 Å². The minimum atomic E-state index is -0.223. The Balaban J connectivity index is 0.000000223. The summed E-state index contributed by atoms with van der Waals surface area (Å²) >= 11 is 0. The van der Waals surface area contributed by atoms with Crippen LogP contribution in [-0.2, 0) is 11.9 Å². The molecule has 1 fully saturated rings. The number of oxime groups is 1. The van der Waals surface area contributed by atoms with Gasteiger partial charge in [0.2, 0.25) is 0 Å². The molecule has 4 rings (SSSR count). The van der Waals surface area contributed by atoms with E-state index in [0.29, 0.717) is 11.7 Å². The van der Waals surface area contributed by atoms with Crippen molar-refractivity contribution >= 4 is 22.9 Å². The van der Waals surface area contributed by atoms with E-state index in [0.717, 1.165) is 35.1 Å². The number of nitriles is 1. The fourth-order valence-corrected chi connectivity index (χ4v) is 4.28. The molecule has 1 aliphatic carbocycles. The Morgan fingerprint density at radius 1 is 1.17 bits per heavy atom. The van der Waals surface area contributed by atoms with E-state index in [4.69, 9.17) is 10.1 Å². The van der Waals surface area contributed by atoms with Crippen molar-refractivity contribution in [3.8, 4) is 6.07 Å². The fourth-order valence-electron chi connectivity index (χ4n) is 4.28. The van der Waals surface area contributed by atoms with Gasteiger partial charge in [-0.05, 0) is 63.8 Å². The highest BCUT2D eigenvalue weighted by molar-refractivity contribution is 5.88. The van der Waals surface area contributed by atoms with Crippen molar-refractivity contribution in [2.45, 2.75) is 71.4 Å². The summed E-state index contributed by atoms with van der Waals surface area (Å²) < 4.78 is 1.59. The highest BCUT2D eigenvalue weighted by atomic mass is 16.6. The zero-order valence-electron chi connectivity index (χ0n) is 22.3. The fraction of sp³-hybridized carbons (Fsp3) is 0.448. The third-order valence-electron chi connectivity index (χ3n) is 6.39. The lowest BCUT2D eigenvalue weighted by atomic mass is 9.94. The van der Waals surface area contributed by atoms with Crippen molar-refractivity contribution in [3.63, 3.8) is 0 Å². The molecule has 7 heteroatoms. The molecule has 7 nitrogen and oxygen atoms in total. The van der Waals surface area contributed by atoms with Crippen LogP contribution in [0.15, 0.2) is 52.4 Å². The summed E-state index contributed by atoms with van der Waals surface area (Å²) in [5.41, 5.74) is 4.74. The first-order chi connectivity index (χ1) is 17.1. The van der Waals surface area contributed by atoms with Crippen LogP contribution in [-0.4, -0.2) is 34.5 Å². The maximum atomic E-state index is 12.2. The number of hydrogen-bond acceptors (Lipinski definition) is 6. The van der Waals surface area contributed by atoms with Gasteiger partial charge >= 0.3 is 0 Å². The Bertz CT molecular complexity index is 1310. The molecule has 36 heavy (non-hydrogen) atoms. The zero-order chi connectivity index (χ0) is 26.3. The topological polar surface area (TPSA) is 83.5 Å². The quantitative estimate of drug-likeness (QED) is 0.347. The summed E-state index contributed by atoms with van der Waals surface area (Å²) in [5.74, 6) is 0. The zero-order valence-corrected chi connectivity index (χ0v) is 22.3. The monoisotopic (exact) mass is 487 g/mol. The van der Waals surface area contributed by atoms with Gasteiger partial charge in [-0.25, -0.2) is 4.98 Å². The average Bonchev–Trinajstić information content (AvgIpc) is 2.87. The second-order valence-electron chi connectivity index (χ2n) is 10.3. The highest BCUT2D eigenvalue weighted by Crippen LogP contribution is 2.29. The van der Waals surface area contributed by atoms with Gasteiger partial charge in [0.25, 0.3) is 5.56 Å². The van der Waals surface area contributed by atoms with Gasteiger partial charge in [0.1, 0.15) is 22.9 Å². The molecular formula is C29H37N5O2. The number of benzene rings is 1. The molecule has 2 aromatic heterocycles. The molecule has 0 amide bonds. The van der Waals surface area contributed by atoms with Crippen molar-refractivity contribution in [1.29, 1.82) is 5.26 Å². The number of hydrogen-bond donors (Lipinski definition) is 0. The SMILES string of the molecule is CN(c1cc(=O)n(C)c2ccc(C#N)nc12)C1CCCCC1.Cc1ccccc1/C=N/OC(C)(C)C. The van der Waals surface area contributed by atoms with Crippen molar-refractivity contribution < 1.29 is 4.84 Å². The molecule has 0 bridgehead atoms. The Labute approximate surface area is 214 Å². The lowest BCUT2D eigenvalue weighted by Crippen LogP contribution is -2.34. The molecule has 0 spiro atoms. The van der Waals surface area contributed by atoms with Gasteiger partial charge < -0.3 is 14.3 Å². The molecule has 1 aromatic carbocycles. The summed E-state index contributed by atoms with van der Waals surface area (Å²) in [5, 5.41) is 13.1. The predicted octanol–water partition coefficient (Wildman–Crippen LogP) is 5.72. The van der Waals surface area contributed by atoms with Crippen molar-refractivity contribution in [1.82, 2.24) is 9.55 Å². The average molecular weight is 488 g/mol. The van der Waals surface area contributed by atoms with Crippen LogP contribution in [0.2, 0.25) is 0 Å². The number of fused-ring (bicyclic) bond motifs is 1. The van der Waals surface area contributed by atoms with Gasteiger partial charge in [-0.2, -0.15) is 5.26 Å². The molecule has 0 N–H and O–H groups in total. The molecule has 0 unspecified atom stereocenters. The molecule has 1 aliphatic rings. The van der Waals surface area contributed by atoms with Crippen LogP contribution < -0.4 is 10.5 Å². The molecule has 0 saturated heterocycles. The van der Waals surface area contributed by atoms with Crippen molar-refractivity contribution in [3.05, 3.63) is 69.6 Å². The maximum absolute atomic E-state index is 12.2. The molecule has 0 aliphatic heterocycles. The number of nitrogens with zero attached hydrogens (tertiary/aromatic N) is 5. The Hall–Kier alpha value is -3.66. The second-order valence-corrected chi connectivity index (χ2v) is 10.3. The third-order valence-corrected chi connectivity index (χ3v) is 6.39. The Morgan fingerprint density at radius 3 is 2.50 bits per heavy atom. The van der Waals surface area contributed by atoms with E-state index in [1.807, 2.05) is 46.0 Å². The normalized spacial score (nSPS) is 14.2. The first-order valence-electron chi connectivity index (χ1n) is 12.5. The van der Waals surface area contributed by atoms with Crippen LogP contribution in [0.5, 0.6) is 0 Å². The van der Waals surface area contributed by atoms with Gasteiger partial charge in [-0.1, -0.05) is 48.7 Å². The molecule has 0 atom stereocenters. The van der Waals surface area contributed by atoms with Crippen LogP contribution in [0.1, 0.15) is 69.7 Å². The van der Waals surface area contributed by atoms with Crippen LogP contribution >= 0.6 is 0 Å². The molecule has 1 saturated carbocycles. The Kier molecular flexibility index (Phi) is 8.87. The summed E-state index contributed by atoms with van der Waals surface area (Å²) in [6, 6.07) is 15.7. The smallest absolute Gasteiger partial charge is 0.252 e. The van der Waals surface area contributed by atoms with E-state index in [2.05, 4.69) is 34.1 Å². The lowest BCUT2D eigenvalue weighted by Gasteiger charge is -2.33. The van der Waals surface area contributed by atoms with Crippen LogP contribution in [0.3, 0.4) is 0 Å².